The Balaban J connectivity index is 1.90. The van der Waals surface area contributed by atoms with Gasteiger partial charge in [0.1, 0.15) is 28.8 Å². The van der Waals surface area contributed by atoms with Crippen LogP contribution in [-0.4, -0.2) is 37.7 Å². The van der Waals surface area contributed by atoms with Gasteiger partial charge in [-0.1, -0.05) is 6.07 Å². The molecule has 0 unspecified atom stereocenters. The fraction of sp³-hybridized carbons (Fsp3) is 0.250. The van der Waals surface area contributed by atoms with E-state index in [4.69, 9.17) is 19.3 Å². The summed E-state index contributed by atoms with van der Waals surface area (Å²) in [5, 5.41) is 8.35. The van der Waals surface area contributed by atoms with E-state index in [0.717, 1.165) is 53.0 Å². The second-order valence-electron chi connectivity index (χ2n) is 6.00. The van der Waals surface area contributed by atoms with Gasteiger partial charge in [0.25, 0.3) is 0 Å². The van der Waals surface area contributed by atoms with E-state index in [1.807, 2.05) is 47.1 Å². The van der Waals surface area contributed by atoms with Crippen LogP contribution in [0.3, 0.4) is 0 Å². The molecule has 2 heterocycles. The van der Waals surface area contributed by atoms with E-state index in [9.17, 15) is 0 Å². The van der Waals surface area contributed by atoms with Crippen molar-refractivity contribution < 1.29 is 14.2 Å². The lowest BCUT2D eigenvalue weighted by Gasteiger charge is -2.12. The van der Waals surface area contributed by atoms with Crippen molar-refractivity contribution in [3.63, 3.8) is 0 Å². The topological polar surface area (TPSA) is 57.5 Å². The van der Waals surface area contributed by atoms with E-state index in [1.165, 1.54) is 5.56 Å². The third kappa shape index (κ3) is 2.54. The molecule has 2 aromatic carbocycles. The Kier molecular flexibility index (Phi) is 4.16. The first-order valence-electron chi connectivity index (χ1n) is 8.48. The number of aromatic nitrogens is 2. The molecule has 0 radical (unpaired) electrons. The maximum Gasteiger partial charge on any atom is 0.133 e. The molecular weight excluding hydrogens is 330 g/mol. The predicted molar refractivity (Wildman–Crippen MR) is 101 cm³/mol. The average Bonchev–Trinajstić information content (AvgIpc) is 3.30. The summed E-state index contributed by atoms with van der Waals surface area (Å²) in [6, 6.07) is 13.6. The Labute approximate surface area is 152 Å². The van der Waals surface area contributed by atoms with Crippen LogP contribution >= 0.6 is 0 Å². The summed E-state index contributed by atoms with van der Waals surface area (Å²) in [6.45, 7) is 0.883. The number of rotatable bonds is 5. The average molecular weight is 351 g/mol. The van der Waals surface area contributed by atoms with Gasteiger partial charge in [-0.3, -0.25) is 0 Å². The predicted octanol–water partition coefficient (Wildman–Crippen LogP) is 3.53. The van der Waals surface area contributed by atoms with Gasteiger partial charge in [0.2, 0.25) is 0 Å². The Morgan fingerprint density at radius 3 is 2.23 bits per heavy atom. The van der Waals surface area contributed by atoms with Gasteiger partial charge in [0.05, 0.1) is 32.6 Å². The van der Waals surface area contributed by atoms with Crippen molar-refractivity contribution in [1.82, 2.24) is 9.78 Å². The second kappa shape index (κ2) is 6.63. The van der Waals surface area contributed by atoms with Crippen molar-refractivity contribution in [3.8, 4) is 34.2 Å². The van der Waals surface area contributed by atoms with Crippen molar-refractivity contribution in [2.45, 2.75) is 6.42 Å². The largest absolute Gasteiger partial charge is 0.497 e. The quantitative estimate of drug-likeness (QED) is 0.762. The van der Waals surface area contributed by atoms with Gasteiger partial charge in [-0.05, 0) is 42.8 Å². The van der Waals surface area contributed by atoms with Gasteiger partial charge in [-0.15, -0.1) is 0 Å². The number of nitrogens with zero attached hydrogens (tertiary/aromatic N) is 2. The molecule has 3 aromatic rings. The summed E-state index contributed by atoms with van der Waals surface area (Å²) < 4.78 is 18.4. The van der Waals surface area contributed by atoms with E-state index in [0.29, 0.717) is 0 Å². The van der Waals surface area contributed by atoms with Gasteiger partial charge in [0, 0.05) is 12.1 Å². The molecule has 1 aliphatic heterocycles. The molecule has 26 heavy (non-hydrogen) atoms. The highest BCUT2D eigenvalue weighted by Crippen LogP contribution is 2.43. The van der Waals surface area contributed by atoms with E-state index in [1.54, 1.807) is 21.3 Å². The summed E-state index contributed by atoms with van der Waals surface area (Å²) >= 11 is 0. The molecule has 6 heteroatoms. The molecule has 6 nitrogen and oxygen atoms in total. The van der Waals surface area contributed by atoms with Gasteiger partial charge >= 0.3 is 0 Å². The van der Waals surface area contributed by atoms with E-state index >= 15 is 0 Å². The number of ether oxygens (including phenoxy) is 3. The highest BCUT2D eigenvalue weighted by molar-refractivity contribution is 5.81. The number of anilines is 1. The van der Waals surface area contributed by atoms with E-state index < -0.39 is 0 Å². The minimum Gasteiger partial charge on any atom is -0.497 e. The van der Waals surface area contributed by atoms with Crippen LogP contribution < -0.4 is 19.5 Å². The van der Waals surface area contributed by atoms with Crippen molar-refractivity contribution in [1.29, 1.82) is 0 Å². The maximum atomic E-state index is 5.58. The van der Waals surface area contributed by atoms with E-state index in [-0.39, 0.29) is 0 Å². The lowest BCUT2D eigenvalue weighted by atomic mass is 10.0. The zero-order valence-electron chi connectivity index (χ0n) is 15.1. The molecule has 0 bridgehead atoms. The van der Waals surface area contributed by atoms with Crippen molar-refractivity contribution in [3.05, 3.63) is 48.0 Å². The number of nitrogens with one attached hydrogen (secondary N) is 1. The zero-order chi connectivity index (χ0) is 18.1. The van der Waals surface area contributed by atoms with Gasteiger partial charge < -0.3 is 19.5 Å². The Bertz CT molecular complexity index is 910. The zero-order valence-corrected chi connectivity index (χ0v) is 15.1. The summed E-state index contributed by atoms with van der Waals surface area (Å²) in [5.74, 6) is 3.33. The van der Waals surface area contributed by atoms with E-state index in [2.05, 4.69) is 5.32 Å². The molecule has 0 aliphatic carbocycles. The molecule has 1 aromatic heterocycles. The molecule has 0 amide bonds. The van der Waals surface area contributed by atoms with Crippen LogP contribution in [0, 0.1) is 0 Å². The van der Waals surface area contributed by atoms with Gasteiger partial charge in [-0.25, -0.2) is 4.68 Å². The maximum absolute atomic E-state index is 5.58. The molecular formula is C20H21N3O3. The number of hydrogen-bond donors (Lipinski definition) is 1. The van der Waals surface area contributed by atoms with Crippen molar-refractivity contribution in [2.75, 3.05) is 33.2 Å². The molecule has 0 saturated heterocycles. The lowest BCUT2D eigenvalue weighted by Crippen LogP contribution is -2.04. The van der Waals surface area contributed by atoms with Crippen LogP contribution in [-0.2, 0) is 6.42 Å². The second-order valence-corrected chi connectivity index (χ2v) is 6.00. The minimum atomic E-state index is 0.749. The summed E-state index contributed by atoms with van der Waals surface area (Å²) in [7, 11) is 4.99. The SMILES string of the molecule is COc1ccc(-n2nc(-c3c(OC)cccc3OC)c3c2NCC3)cc1. The highest BCUT2D eigenvalue weighted by Gasteiger charge is 2.27. The Morgan fingerprint density at radius 1 is 0.923 bits per heavy atom. The molecule has 1 aliphatic rings. The summed E-state index contributed by atoms with van der Waals surface area (Å²) in [6.07, 6.45) is 0.905. The van der Waals surface area contributed by atoms with Crippen LogP contribution in [0.1, 0.15) is 5.56 Å². The van der Waals surface area contributed by atoms with Crippen LogP contribution in [0.5, 0.6) is 17.2 Å². The van der Waals surface area contributed by atoms with Crippen molar-refractivity contribution in [2.24, 2.45) is 0 Å². The molecule has 0 spiro atoms. The number of benzene rings is 2. The summed E-state index contributed by atoms with van der Waals surface area (Å²) in [5.41, 5.74) is 3.90. The highest BCUT2D eigenvalue weighted by atomic mass is 16.5. The molecule has 1 N–H and O–H groups in total. The van der Waals surface area contributed by atoms with Crippen LogP contribution in [0.15, 0.2) is 42.5 Å². The van der Waals surface area contributed by atoms with Gasteiger partial charge in [0.15, 0.2) is 0 Å². The normalized spacial score (nSPS) is 12.4. The fourth-order valence-electron chi connectivity index (χ4n) is 3.37. The van der Waals surface area contributed by atoms with Crippen LogP contribution in [0.2, 0.25) is 0 Å². The first kappa shape index (κ1) is 16.3. The number of fused-ring (bicyclic) bond motifs is 1. The monoisotopic (exact) mass is 351 g/mol. The molecule has 0 atom stereocenters. The first-order chi connectivity index (χ1) is 12.8. The Morgan fingerprint density at radius 2 is 1.62 bits per heavy atom. The minimum absolute atomic E-state index is 0.749. The third-order valence-corrected chi connectivity index (χ3v) is 4.63. The van der Waals surface area contributed by atoms with Crippen molar-refractivity contribution >= 4 is 5.82 Å². The van der Waals surface area contributed by atoms with Gasteiger partial charge in [-0.2, -0.15) is 5.10 Å². The molecule has 4 rings (SSSR count). The standard InChI is InChI=1S/C20H21N3O3/c1-24-14-9-7-13(8-10-14)23-20-15(11-12-21-20)19(22-23)18-16(25-2)5-4-6-17(18)26-3/h4-10,21H,11-12H2,1-3H3. The molecule has 0 fully saturated rings. The third-order valence-electron chi connectivity index (χ3n) is 4.63. The smallest absolute Gasteiger partial charge is 0.133 e. The molecule has 134 valence electrons. The number of hydrogen-bond acceptors (Lipinski definition) is 5. The first-order valence-corrected chi connectivity index (χ1v) is 8.48. The van der Waals surface area contributed by atoms with Crippen LogP contribution in [0.4, 0.5) is 5.82 Å². The Hall–Kier alpha value is -3.15. The van der Waals surface area contributed by atoms with Crippen LogP contribution in [0.25, 0.3) is 16.9 Å². The fourth-order valence-corrected chi connectivity index (χ4v) is 3.37. The number of methoxy groups -OCH3 is 3. The molecule has 0 saturated carbocycles. The summed E-state index contributed by atoms with van der Waals surface area (Å²) in [4.78, 5) is 0. The lowest BCUT2D eigenvalue weighted by molar-refractivity contribution is 0.397.